The van der Waals surface area contributed by atoms with Gasteiger partial charge in [0.05, 0.1) is 12.2 Å². The Bertz CT molecular complexity index is 663. The van der Waals surface area contributed by atoms with Crippen molar-refractivity contribution in [1.29, 1.82) is 0 Å². The van der Waals surface area contributed by atoms with Gasteiger partial charge in [-0.3, -0.25) is 0 Å². The van der Waals surface area contributed by atoms with Gasteiger partial charge in [-0.2, -0.15) is 0 Å². The van der Waals surface area contributed by atoms with Gasteiger partial charge in [0.1, 0.15) is 6.61 Å². The molecule has 0 fully saturated rings. The zero-order valence-electron chi connectivity index (χ0n) is 11.3. The highest BCUT2D eigenvalue weighted by atomic mass is 35.5. The lowest BCUT2D eigenvalue weighted by molar-refractivity contribution is 0.0542. The number of ether oxygens (including phenoxy) is 1. The van der Waals surface area contributed by atoms with Crippen molar-refractivity contribution in [2.24, 2.45) is 0 Å². The topological polar surface area (TPSA) is 57.0 Å². The number of hydrogen-bond donors (Lipinski definition) is 0. The monoisotopic (exact) mass is 325 g/mol. The van der Waals surface area contributed by atoms with Crippen molar-refractivity contribution in [3.63, 3.8) is 0 Å². The third-order valence-corrected chi connectivity index (χ3v) is 3.59. The van der Waals surface area contributed by atoms with Gasteiger partial charge in [0.25, 0.3) is 0 Å². The van der Waals surface area contributed by atoms with Crippen molar-refractivity contribution < 1.29 is 9.53 Å². The average Bonchev–Trinajstić information content (AvgIpc) is 2.82. The second-order valence-corrected chi connectivity index (χ2v) is 5.08. The second-order valence-electron chi connectivity index (χ2n) is 4.27. The summed E-state index contributed by atoms with van der Waals surface area (Å²) in [6.45, 7) is 5.66. The molecule has 5 nitrogen and oxygen atoms in total. The molecule has 0 amide bonds. The largest absolute Gasteiger partial charge is 0.457 e. The van der Waals surface area contributed by atoms with E-state index in [0.717, 1.165) is 5.56 Å². The van der Waals surface area contributed by atoms with Crippen LogP contribution in [0.5, 0.6) is 0 Å². The highest BCUT2D eigenvalue weighted by Gasteiger charge is 2.18. The van der Waals surface area contributed by atoms with Gasteiger partial charge in [0.15, 0.2) is 5.69 Å². The molecule has 110 valence electrons. The first-order chi connectivity index (χ1) is 10.0. The Morgan fingerprint density at radius 3 is 2.71 bits per heavy atom. The van der Waals surface area contributed by atoms with Crippen molar-refractivity contribution in [3.05, 3.63) is 57.9 Å². The summed E-state index contributed by atoms with van der Waals surface area (Å²) < 4.78 is 6.50. The van der Waals surface area contributed by atoms with Crippen molar-refractivity contribution in [2.45, 2.75) is 13.5 Å². The highest BCUT2D eigenvalue weighted by molar-refractivity contribution is 6.35. The van der Waals surface area contributed by atoms with Gasteiger partial charge < -0.3 is 4.74 Å². The Morgan fingerprint density at radius 2 is 2.10 bits per heavy atom. The molecule has 0 atom stereocenters. The summed E-state index contributed by atoms with van der Waals surface area (Å²) in [7, 11) is 0. The SMILES string of the molecule is C=CCOC(=O)c1nnn(Cc2c(Cl)cccc2Cl)c1C. The van der Waals surface area contributed by atoms with E-state index in [0.29, 0.717) is 22.3 Å². The molecule has 0 spiro atoms. The van der Waals surface area contributed by atoms with E-state index < -0.39 is 5.97 Å². The lowest BCUT2D eigenvalue weighted by Crippen LogP contribution is -2.09. The van der Waals surface area contributed by atoms with E-state index in [9.17, 15) is 4.79 Å². The van der Waals surface area contributed by atoms with Crippen LogP contribution in [0.3, 0.4) is 0 Å². The maximum absolute atomic E-state index is 11.8. The van der Waals surface area contributed by atoms with Gasteiger partial charge in [0, 0.05) is 15.6 Å². The van der Waals surface area contributed by atoms with E-state index in [1.165, 1.54) is 6.08 Å². The molecule has 2 aromatic rings. The summed E-state index contributed by atoms with van der Waals surface area (Å²) >= 11 is 12.2. The first-order valence-corrected chi connectivity index (χ1v) is 6.91. The Balaban J connectivity index is 2.25. The van der Waals surface area contributed by atoms with E-state index in [4.69, 9.17) is 27.9 Å². The molecule has 0 aliphatic rings. The summed E-state index contributed by atoms with van der Waals surface area (Å²) in [6, 6.07) is 5.25. The van der Waals surface area contributed by atoms with Crippen molar-refractivity contribution in [2.75, 3.05) is 6.61 Å². The molecule has 7 heteroatoms. The molecule has 0 aliphatic carbocycles. The Morgan fingerprint density at radius 1 is 1.43 bits per heavy atom. The summed E-state index contributed by atoms with van der Waals surface area (Å²) in [4.78, 5) is 11.8. The van der Waals surface area contributed by atoms with Crippen LogP contribution >= 0.6 is 23.2 Å². The lowest BCUT2D eigenvalue weighted by Gasteiger charge is -2.08. The second kappa shape index (κ2) is 6.74. The molecule has 1 heterocycles. The molecular weight excluding hydrogens is 313 g/mol. The Hall–Kier alpha value is -1.85. The fraction of sp³-hybridized carbons (Fsp3) is 0.214. The molecular formula is C14H13Cl2N3O2. The third-order valence-electron chi connectivity index (χ3n) is 2.88. The first-order valence-electron chi connectivity index (χ1n) is 6.15. The minimum atomic E-state index is -0.538. The van der Waals surface area contributed by atoms with Gasteiger partial charge in [-0.05, 0) is 19.1 Å². The zero-order chi connectivity index (χ0) is 15.4. The van der Waals surface area contributed by atoms with Crippen molar-refractivity contribution in [1.82, 2.24) is 15.0 Å². The van der Waals surface area contributed by atoms with E-state index in [2.05, 4.69) is 16.9 Å². The summed E-state index contributed by atoms with van der Waals surface area (Å²) in [5, 5.41) is 8.86. The van der Waals surface area contributed by atoms with Crippen LogP contribution in [-0.2, 0) is 11.3 Å². The Labute approximate surface area is 132 Å². The molecule has 0 saturated heterocycles. The number of hydrogen-bond acceptors (Lipinski definition) is 4. The van der Waals surface area contributed by atoms with Gasteiger partial charge in [-0.15, -0.1) is 5.10 Å². The summed E-state index contributed by atoms with van der Waals surface area (Å²) in [5.74, 6) is -0.538. The minimum Gasteiger partial charge on any atom is -0.457 e. The van der Waals surface area contributed by atoms with Crippen LogP contribution in [0.1, 0.15) is 21.7 Å². The standard InChI is InChI=1S/C14H13Cl2N3O2/c1-3-7-21-14(20)13-9(2)19(18-17-13)8-10-11(15)5-4-6-12(10)16/h3-6H,1,7-8H2,2H3. The van der Waals surface area contributed by atoms with Gasteiger partial charge in [-0.25, -0.2) is 9.48 Å². The predicted octanol–water partition coefficient (Wildman–Crippen LogP) is 3.28. The number of esters is 1. The summed E-state index contributed by atoms with van der Waals surface area (Å²) in [6.07, 6.45) is 1.49. The smallest absolute Gasteiger partial charge is 0.361 e. The number of carbonyl (C=O) groups is 1. The number of halogens is 2. The Kier molecular flexibility index (Phi) is 4.98. The van der Waals surface area contributed by atoms with Crippen LogP contribution in [0.2, 0.25) is 10.0 Å². The molecule has 0 radical (unpaired) electrons. The molecule has 1 aromatic heterocycles. The fourth-order valence-corrected chi connectivity index (χ4v) is 2.25. The maximum atomic E-state index is 11.8. The normalized spacial score (nSPS) is 10.4. The fourth-order valence-electron chi connectivity index (χ4n) is 1.74. The van der Waals surface area contributed by atoms with Crippen LogP contribution in [0.4, 0.5) is 0 Å². The zero-order valence-corrected chi connectivity index (χ0v) is 12.9. The van der Waals surface area contributed by atoms with Gasteiger partial charge >= 0.3 is 5.97 Å². The molecule has 0 unspecified atom stereocenters. The third kappa shape index (κ3) is 3.43. The molecule has 21 heavy (non-hydrogen) atoms. The van der Waals surface area contributed by atoms with Crippen LogP contribution in [-0.4, -0.2) is 27.6 Å². The van der Waals surface area contributed by atoms with Crippen LogP contribution in [0.15, 0.2) is 30.9 Å². The number of benzene rings is 1. The van der Waals surface area contributed by atoms with Gasteiger partial charge in [-0.1, -0.05) is 47.1 Å². The van der Waals surface area contributed by atoms with E-state index in [-0.39, 0.29) is 12.3 Å². The molecule has 0 bridgehead atoms. The van der Waals surface area contributed by atoms with E-state index in [1.807, 2.05) is 0 Å². The molecule has 0 N–H and O–H groups in total. The molecule has 0 saturated carbocycles. The number of carbonyl (C=O) groups excluding carboxylic acids is 1. The first kappa shape index (κ1) is 15.5. The van der Waals surface area contributed by atoms with Crippen LogP contribution in [0, 0.1) is 6.92 Å². The quantitative estimate of drug-likeness (QED) is 0.625. The number of rotatable bonds is 5. The lowest BCUT2D eigenvalue weighted by atomic mass is 10.2. The van der Waals surface area contributed by atoms with Crippen LogP contribution < -0.4 is 0 Å². The maximum Gasteiger partial charge on any atom is 0.361 e. The molecule has 2 rings (SSSR count). The van der Waals surface area contributed by atoms with Gasteiger partial charge in [0.2, 0.25) is 0 Å². The number of nitrogens with zero attached hydrogens (tertiary/aromatic N) is 3. The molecule has 1 aromatic carbocycles. The van der Waals surface area contributed by atoms with E-state index >= 15 is 0 Å². The summed E-state index contributed by atoms with van der Waals surface area (Å²) in [5.41, 5.74) is 1.47. The minimum absolute atomic E-state index is 0.126. The van der Waals surface area contributed by atoms with Crippen molar-refractivity contribution in [3.8, 4) is 0 Å². The number of aromatic nitrogens is 3. The van der Waals surface area contributed by atoms with Crippen LogP contribution in [0.25, 0.3) is 0 Å². The highest BCUT2D eigenvalue weighted by Crippen LogP contribution is 2.25. The molecule has 0 aliphatic heterocycles. The van der Waals surface area contributed by atoms with Crippen molar-refractivity contribution >= 4 is 29.2 Å². The average molecular weight is 326 g/mol. The van der Waals surface area contributed by atoms with E-state index in [1.54, 1.807) is 29.8 Å². The predicted molar refractivity (Wildman–Crippen MR) is 80.8 cm³/mol.